The van der Waals surface area contributed by atoms with Crippen LogP contribution in [-0.2, 0) is 7.05 Å². The zero-order valence-corrected chi connectivity index (χ0v) is 13.4. The van der Waals surface area contributed by atoms with Crippen molar-refractivity contribution in [2.45, 2.75) is 32.7 Å². The molecular formula is C13H21N5OS. The normalized spacial score (nSPS) is 12.9. The smallest absolute Gasteiger partial charge is 0.161 e. The molecule has 1 unspecified atom stereocenters. The fraction of sp³-hybridized carbons (Fsp3) is 0.615. The first-order chi connectivity index (χ1) is 9.60. The van der Waals surface area contributed by atoms with Gasteiger partial charge < -0.3 is 10.1 Å². The van der Waals surface area contributed by atoms with Gasteiger partial charge in [-0.3, -0.25) is 4.68 Å². The number of nitrogens with one attached hydrogen (secondary N) is 1. The highest BCUT2D eigenvalue weighted by molar-refractivity contribution is 7.05. The first kappa shape index (κ1) is 14.9. The van der Waals surface area contributed by atoms with Crippen molar-refractivity contribution >= 4 is 11.5 Å². The summed E-state index contributed by atoms with van der Waals surface area (Å²) in [5, 5.41) is 12.1. The average Bonchev–Trinajstić information content (AvgIpc) is 3.02. The quantitative estimate of drug-likeness (QED) is 0.884. The van der Waals surface area contributed by atoms with Crippen molar-refractivity contribution in [3.63, 3.8) is 0 Å². The first-order valence-electron chi connectivity index (χ1n) is 6.71. The lowest BCUT2D eigenvalue weighted by Gasteiger charge is -2.19. The van der Waals surface area contributed by atoms with Crippen molar-refractivity contribution in [3.8, 4) is 5.75 Å². The van der Waals surface area contributed by atoms with Crippen LogP contribution in [-0.4, -0.2) is 33.0 Å². The molecule has 2 aromatic heterocycles. The standard InChI is InChI=1S/C13H21N5OS/c1-6-14-11(12-9(19-5)7-15-18(12)4)13-10(8(2)3)16-17-20-13/h7-8,11,14H,6H2,1-5H3. The van der Waals surface area contributed by atoms with Crippen LogP contribution in [0.1, 0.15) is 49.0 Å². The Labute approximate surface area is 123 Å². The highest BCUT2D eigenvalue weighted by Gasteiger charge is 2.27. The predicted molar refractivity (Wildman–Crippen MR) is 79.3 cm³/mol. The summed E-state index contributed by atoms with van der Waals surface area (Å²) in [7, 11) is 3.59. The molecule has 2 rings (SSSR count). The van der Waals surface area contributed by atoms with Crippen LogP contribution in [0.5, 0.6) is 5.75 Å². The SMILES string of the molecule is CCNC(c1snnc1C(C)C)c1c(OC)cnn1C. The Morgan fingerprint density at radius 1 is 1.45 bits per heavy atom. The first-order valence-corrected chi connectivity index (χ1v) is 7.48. The molecule has 0 bridgehead atoms. The van der Waals surface area contributed by atoms with E-state index in [-0.39, 0.29) is 6.04 Å². The van der Waals surface area contributed by atoms with E-state index in [9.17, 15) is 0 Å². The highest BCUT2D eigenvalue weighted by atomic mass is 32.1. The molecule has 0 aliphatic carbocycles. The molecule has 0 saturated carbocycles. The molecule has 0 aromatic carbocycles. The Morgan fingerprint density at radius 3 is 2.80 bits per heavy atom. The summed E-state index contributed by atoms with van der Waals surface area (Å²) in [6.07, 6.45) is 1.74. The number of rotatable bonds is 6. The number of ether oxygens (including phenoxy) is 1. The highest BCUT2D eigenvalue weighted by Crippen LogP contribution is 2.34. The van der Waals surface area contributed by atoms with Gasteiger partial charge in [0, 0.05) is 7.05 Å². The van der Waals surface area contributed by atoms with Crippen molar-refractivity contribution in [2.75, 3.05) is 13.7 Å². The third kappa shape index (κ3) is 2.69. The molecule has 0 aliphatic rings. The minimum atomic E-state index is -0.000139. The van der Waals surface area contributed by atoms with E-state index >= 15 is 0 Å². The lowest BCUT2D eigenvalue weighted by Crippen LogP contribution is -2.25. The topological polar surface area (TPSA) is 64.9 Å². The lowest BCUT2D eigenvalue weighted by atomic mass is 10.0. The molecule has 7 heteroatoms. The Kier molecular flexibility index (Phi) is 4.72. The second-order valence-corrected chi connectivity index (χ2v) is 5.68. The van der Waals surface area contributed by atoms with Crippen molar-refractivity contribution in [3.05, 3.63) is 22.5 Å². The van der Waals surface area contributed by atoms with Crippen molar-refractivity contribution in [2.24, 2.45) is 7.05 Å². The van der Waals surface area contributed by atoms with Gasteiger partial charge in [0.15, 0.2) is 5.75 Å². The molecule has 2 heterocycles. The fourth-order valence-electron chi connectivity index (χ4n) is 2.24. The van der Waals surface area contributed by atoms with Crippen LogP contribution in [0.15, 0.2) is 6.20 Å². The van der Waals surface area contributed by atoms with E-state index in [1.54, 1.807) is 13.3 Å². The van der Waals surface area contributed by atoms with Gasteiger partial charge in [-0.2, -0.15) is 5.10 Å². The summed E-state index contributed by atoms with van der Waals surface area (Å²) < 4.78 is 11.4. The molecule has 1 N–H and O–H groups in total. The number of aromatic nitrogens is 4. The number of hydrogen-bond donors (Lipinski definition) is 1. The molecule has 110 valence electrons. The van der Waals surface area contributed by atoms with Gasteiger partial charge in [-0.1, -0.05) is 25.3 Å². The van der Waals surface area contributed by atoms with Gasteiger partial charge in [0.1, 0.15) is 5.69 Å². The maximum atomic E-state index is 5.43. The molecule has 1 atom stereocenters. The second kappa shape index (κ2) is 6.32. The molecule has 0 saturated heterocycles. The summed E-state index contributed by atoms with van der Waals surface area (Å²) >= 11 is 1.43. The fourth-order valence-corrected chi connectivity index (χ4v) is 3.12. The Balaban J connectivity index is 2.50. The summed E-state index contributed by atoms with van der Waals surface area (Å²) in [5.41, 5.74) is 2.03. The van der Waals surface area contributed by atoms with E-state index in [4.69, 9.17) is 4.74 Å². The summed E-state index contributed by atoms with van der Waals surface area (Å²) in [6.45, 7) is 7.18. The summed E-state index contributed by atoms with van der Waals surface area (Å²) in [6, 6.07) is -0.000139. The van der Waals surface area contributed by atoms with Gasteiger partial charge in [0.2, 0.25) is 0 Å². The molecule has 0 radical (unpaired) electrons. The Bertz CT molecular complexity index is 563. The molecule has 6 nitrogen and oxygen atoms in total. The van der Waals surface area contributed by atoms with Crippen molar-refractivity contribution < 1.29 is 4.74 Å². The zero-order valence-electron chi connectivity index (χ0n) is 12.5. The van der Waals surface area contributed by atoms with E-state index in [1.807, 2.05) is 11.7 Å². The maximum Gasteiger partial charge on any atom is 0.161 e. The van der Waals surface area contributed by atoms with Crippen LogP contribution >= 0.6 is 11.5 Å². The molecule has 0 amide bonds. The zero-order chi connectivity index (χ0) is 14.7. The van der Waals surface area contributed by atoms with E-state index in [0.29, 0.717) is 5.92 Å². The average molecular weight is 295 g/mol. The van der Waals surface area contributed by atoms with Crippen LogP contribution in [0.2, 0.25) is 0 Å². The second-order valence-electron chi connectivity index (χ2n) is 4.89. The van der Waals surface area contributed by atoms with Crippen molar-refractivity contribution in [1.29, 1.82) is 0 Å². The molecule has 0 fully saturated rings. The van der Waals surface area contributed by atoms with Crippen molar-refractivity contribution in [1.82, 2.24) is 24.7 Å². The van der Waals surface area contributed by atoms with Gasteiger partial charge in [0.25, 0.3) is 0 Å². The molecule has 20 heavy (non-hydrogen) atoms. The van der Waals surface area contributed by atoms with E-state index in [0.717, 1.165) is 28.6 Å². The molecule has 2 aromatic rings. The summed E-state index contributed by atoms with van der Waals surface area (Å²) in [5.74, 6) is 1.12. The third-order valence-electron chi connectivity index (χ3n) is 3.20. The van der Waals surface area contributed by atoms with Gasteiger partial charge >= 0.3 is 0 Å². The van der Waals surface area contributed by atoms with Gasteiger partial charge in [-0.15, -0.1) is 5.10 Å². The predicted octanol–water partition coefficient (Wildman–Crippen LogP) is 2.10. The van der Waals surface area contributed by atoms with Crippen LogP contribution in [0, 0.1) is 0 Å². The summed E-state index contributed by atoms with van der Waals surface area (Å²) in [4.78, 5) is 1.13. The number of methoxy groups -OCH3 is 1. The van der Waals surface area contributed by atoms with Crippen LogP contribution < -0.4 is 10.1 Å². The largest absolute Gasteiger partial charge is 0.493 e. The minimum absolute atomic E-state index is 0.000139. The van der Waals surface area contributed by atoms with Crippen LogP contribution in [0.25, 0.3) is 0 Å². The van der Waals surface area contributed by atoms with E-state index in [2.05, 4.69) is 40.8 Å². The third-order valence-corrected chi connectivity index (χ3v) is 4.00. The molecule has 0 aliphatic heterocycles. The van der Waals surface area contributed by atoms with Crippen LogP contribution in [0.3, 0.4) is 0 Å². The molecule has 0 spiro atoms. The minimum Gasteiger partial charge on any atom is -0.493 e. The van der Waals surface area contributed by atoms with Gasteiger partial charge in [-0.05, 0) is 24.0 Å². The van der Waals surface area contributed by atoms with E-state index in [1.165, 1.54) is 11.5 Å². The monoisotopic (exact) mass is 295 g/mol. The van der Waals surface area contributed by atoms with Gasteiger partial charge in [-0.25, -0.2) is 0 Å². The van der Waals surface area contributed by atoms with Crippen LogP contribution in [0.4, 0.5) is 0 Å². The Hall–Kier alpha value is -1.47. The molecular weight excluding hydrogens is 274 g/mol. The Morgan fingerprint density at radius 2 is 2.20 bits per heavy atom. The number of hydrogen-bond acceptors (Lipinski definition) is 6. The lowest BCUT2D eigenvalue weighted by molar-refractivity contribution is 0.401. The number of nitrogens with zero attached hydrogens (tertiary/aromatic N) is 4. The number of aryl methyl sites for hydroxylation is 1. The van der Waals surface area contributed by atoms with Gasteiger partial charge in [0.05, 0.1) is 29.9 Å². The van der Waals surface area contributed by atoms with E-state index < -0.39 is 0 Å². The maximum absolute atomic E-state index is 5.43.